The zero-order valence-corrected chi connectivity index (χ0v) is 10.7. The second kappa shape index (κ2) is 5.53. The number of amidine groups is 1. The zero-order chi connectivity index (χ0) is 12.2. The fourth-order valence-corrected chi connectivity index (χ4v) is 1.89. The van der Waals surface area contributed by atoms with Gasteiger partial charge in [-0.2, -0.15) is 0 Å². The first kappa shape index (κ1) is 13.3. The van der Waals surface area contributed by atoms with Gasteiger partial charge in [0.25, 0.3) is 0 Å². The summed E-state index contributed by atoms with van der Waals surface area (Å²) in [4.78, 5) is 0. The van der Waals surface area contributed by atoms with Crippen molar-refractivity contribution in [2.45, 2.75) is 52.5 Å². The highest BCUT2D eigenvalue weighted by Gasteiger charge is 2.27. The molecule has 0 bridgehead atoms. The fourth-order valence-electron chi connectivity index (χ4n) is 1.89. The lowest BCUT2D eigenvalue weighted by molar-refractivity contribution is 0.304. The molecule has 0 spiro atoms. The van der Waals surface area contributed by atoms with Crippen LogP contribution in [-0.2, 0) is 0 Å². The van der Waals surface area contributed by atoms with Crippen LogP contribution in [-0.4, -0.2) is 23.6 Å². The molecule has 4 heteroatoms. The van der Waals surface area contributed by atoms with Crippen molar-refractivity contribution in [2.24, 2.45) is 22.2 Å². The van der Waals surface area contributed by atoms with Crippen LogP contribution >= 0.6 is 0 Å². The average Bonchev–Trinajstić information content (AvgIpc) is 3.06. The summed E-state index contributed by atoms with van der Waals surface area (Å²) in [5, 5.41) is 15.3. The molecule has 0 amide bonds. The third kappa shape index (κ3) is 4.00. The molecule has 0 heterocycles. The van der Waals surface area contributed by atoms with Crippen molar-refractivity contribution in [1.29, 1.82) is 0 Å². The van der Waals surface area contributed by atoms with E-state index in [1.807, 2.05) is 13.8 Å². The van der Waals surface area contributed by atoms with Gasteiger partial charge in [-0.15, -0.1) is 0 Å². The SMILES string of the molecule is CC(NCCCC(C)(C)C(N)=NO)C1CC1. The predicted molar refractivity (Wildman–Crippen MR) is 66.6 cm³/mol. The Labute approximate surface area is 98.3 Å². The van der Waals surface area contributed by atoms with E-state index in [9.17, 15) is 0 Å². The van der Waals surface area contributed by atoms with Gasteiger partial charge < -0.3 is 16.3 Å². The van der Waals surface area contributed by atoms with Crippen molar-refractivity contribution in [3.05, 3.63) is 0 Å². The van der Waals surface area contributed by atoms with Gasteiger partial charge >= 0.3 is 0 Å². The third-order valence-electron chi connectivity index (χ3n) is 3.58. The fraction of sp³-hybridized carbons (Fsp3) is 0.917. The van der Waals surface area contributed by atoms with Gasteiger partial charge in [0, 0.05) is 11.5 Å². The molecule has 1 saturated carbocycles. The molecule has 0 radical (unpaired) electrons. The molecule has 4 N–H and O–H groups in total. The largest absolute Gasteiger partial charge is 0.409 e. The van der Waals surface area contributed by atoms with Gasteiger partial charge in [0.1, 0.15) is 5.84 Å². The first-order valence-corrected chi connectivity index (χ1v) is 6.19. The van der Waals surface area contributed by atoms with Crippen molar-refractivity contribution in [3.8, 4) is 0 Å². The van der Waals surface area contributed by atoms with Crippen LogP contribution in [0.5, 0.6) is 0 Å². The zero-order valence-electron chi connectivity index (χ0n) is 10.7. The average molecular weight is 227 g/mol. The minimum atomic E-state index is -0.209. The quantitative estimate of drug-likeness (QED) is 0.205. The summed E-state index contributed by atoms with van der Waals surface area (Å²) in [5.41, 5.74) is 5.42. The Balaban J connectivity index is 2.14. The van der Waals surface area contributed by atoms with E-state index in [4.69, 9.17) is 10.9 Å². The maximum absolute atomic E-state index is 8.64. The highest BCUT2D eigenvalue weighted by atomic mass is 16.4. The number of oxime groups is 1. The van der Waals surface area contributed by atoms with E-state index in [2.05, 4.69) is 17.4 Å². The molecule has 1 aliphatic rings. The minimum absolute atomic E-state index is 0.209. The predicted octanol–water partition coefficient (Wildman–Crippen LogP) is 1.93. The van der Waals surface area contributed by atoms with Gasteiger partial charge in [0.2, 0.25) is 0 Å². The summed E-state index contributed by atoms with van der Waals surface area (Å²) in [7, 11) is 0. The van der Waals surface area contributed by atoms with Gasteiger partial charge in [-0.3, -0.25) is 0 Å². The van der Waals surface area contributed by atoms with Crippen molar-refractivity contribution >= 4 is 5.84 Å². The lowest BCUT2D eigenvalue weighted by Gasteiger charge is -2.23. The molecular formula is C12H25N3O. The Morgan fingerprint density at radius 2 is 2.19 bits per heavy atom. The number of nitrogens with two attached hydrogens (primary N) is 1. The highest BCUT2D eigenvalue weighted by Crippen LogP contribution is 2.32. The van der Waals surface area contributed by atoms with E-state index in [1.165, 1.54) is 12.8 Å². The van der Waals surface area contributed by atoms with E-state index < -0.39 is 0 Å². The van der Waals surface area contributed by atoms with E-state index in [0.29, 0.717) is 11.9 Å². The maximum atomic E-state index is 8.64. The first-order valence-electron chi connectivity index (χ1n) is 6.19. The van der Waals surface area contributed by atoms with Crippen molar-refractivity contribution in [3.63, 3.8) is 0 Å². The Morgan fingerprint density at radius 1 is 1.56 bits per heavy atom. The molecule has 1 unspecified atom stereocenters. The minimum Gasteiger partial charge on any atom is -0.409 e. The van der Waals surface area contributed by atoms with Gasteiger partial charge in [-0.1, -0.05) is 19.0 Å². The summed E-state index contributed by atoms with van der Waals surface area (Å²) in [6.45, 7) is 7.28. The summed E-state index contributed by atoms with van der Waals surface area (Å²) < 4.78 is 0. The van der Waals surface area contributed by atoms with Crippen molar-refractivity contribution in [2.75, 3.05) is 6.54 Å². The molecular weight excluding hydrogens is 202 g/mol. The summed E-state index contributed by atoms with van der Waals surface area (Å²) in [5.74, 6) is 1.22. The lowest BCUT2D eigenvalue weighted by atomic mass is 9.86. The van der Waals surface area contributed by atoms with Crippen LogP contribution in [0.3, 0.4) is 0 Å². The van der Waals surface area contributed by atoms with Crippen LogP contribution in [0.2, 0.25) is 0 Å². The topological polar surface area (TPSA) is 70.6 Å². The van der Waals surface area contributed by atoms with E-state index in [-0.39, 0.29) is 5.41 Å². The van der Waals surface area contributed by atoms with Crippen LogP contribution in [0.25, 0.3) is 0 Å². The molecule has 94 valence electrons. The smallest absolute Gasteiger partial charge is 0.144 e. The van der Waals surface area contributed by atoms with Crippen LogP contribution in [0, 0.1) is 11.3 Å². The molecule has 1 rings (SSSR count). The molecule has 0 aromatic rings. The first-order chi connectivity index (χ1) is 7.47. The van der Waals surface area contributed by atoms with E-state index >= 15 is 0 Å². The Hall–Kier alpha value is -0.770. The Morgan fingerprint density at radius 3 is 2.69 bits per heavy atom. The van der Waals surface area contributed by atoms with Crippen LogP contribution in [0.15, 0.2) is 5.16 Å². The molecule has 0 aliphatic heterocycles. The summed E-state index contributed by atoms with van der Waals surface area (Å²) >= 11 is 0. The Kier molecular flexibility index (Phi) is 4.59. The Bertz CT molecular complexity index is 247. The van der Waals surface area contributed by atoms with Crippen LogP contribution in [0.4, 0.5) is 0 Å². The summed E-state index contributed by atoms with van der Waals surface area (Å²) in [6, 6.07) is 0.645. The summed E-state index contributed by atoms with van der Waals surface area (Å²) in [6.07, 6.45) is 4.75. The standard InChI is InChI=1S/C12H25N3O/c1-9(10-5-6-10)14-8-4-7-12(2,3)11(13)15-16/h9-10,14,16H,4-8H2,1-3H3,(H2,13,15). The van der Waals surface area contributed by atoms with E-state index in [0.717, 1.165) is 25.3 Å². The molecule has 4 nitrogen and oxygen atoms in total. The van der Waals surface area contributed by atoms with Crippen LogP contribution < -0.4 is 11.1 Å². The number of hydrogen-bond acceptors (Lipinski definition) is 3. The normalized spacial score (nSPS) is 19.8. The van der Waals surface area contributed by atoms with Gasteiger partial charge in [-0.25, -0.2) is 0 Å². The molecule has 16 heavy (non-hydrogen) atoms. The highest BCUT2D eigenvalue weighted by molar-refractivity contribution is 5.85. The lowest BCUT2D eigenvalue weighted by Crippen LogP contribution is -2.34. The van der Waals surface area contributed by atoms with Crippen molar-refractivity contribution in [1.82, 2.24) is 5.32 Å². The van der Waals surface area contributed by atoms with Crippen molar-refractivity contribution < 1.29 is 5.21 Å². The second-order valence-electron chi connectivity index (χ2n) is 5.55. The van der Waals surface area contributed by atoms with Gasteiger partial charge in [0.15, 0.2) is 0 Å². The maximum Gasteiger partial charge on any atom is 0.144 e. The molecule has 1 aliphatic carbocycles. The number of nitrogens with zero attached hydrogens (tertiary/aromatic N) is 1. The molecule has 1 atom stereocenters. The molecule has 0 aromatic carbocycles. The molecule has 0 aromatic heterocycles. The number of hydrogen-bond donors (Lipinski definition) is 3. The van der Waals surface area contributed by atoms with E-state index in [1.54, 1.807) is 0 Å². The molecule has 0 saturated heterocycles. The van der Waals surface area contributed by atoms with Crippen LogP contribution in [0.1, 0.15) is 46.5 Å². The second-order valence-corrected chi connectivity index (χ2v) is 5.55. The number of rotatable bonds is 7. The third-order valence-corrected chi connectivity index (χ3v) is 3.58. The van der Waals surface area contributed by atoms with Gasteiger partial charge in [-0.05, 0) is 45.1 Å². The monoisotopic (exact) mass is 227 g/mol. The molecule has 1 fully saturated rings. The number of nitrogens with one attached hydrogen (secondary N) is 1. The van der Waals surface area contributed by atoms with Gasteiger partial charge in [0.05, 0.1) is 0 Å².